The van der Waals surface area contributed by atoms with Crippen LogP contribution in [-0.2, 0) is 11.3 Å². The lowest BCUT2D eigenvalue weighted by atomic mass is 9.67. The second-order valence-electron chi connectivity index (χ2n) is 7.14. The van der Waals surface area contributed by atoms with Gasteiger partial charge in [0.1, 0.15) is 0 Å². The van der Waals surface area contributed by atoms with E-state index in [1.54, 1.807) is 28.4 Å². The molecule has 7 heteroatoms. The zero-order chi connectivity index (χ0) is 20.4. The van der Waals surface area contributed by atoms with Crippen LogP contribution in [0.5, 0.6) is 17.2 Å². The molecule has 0 aliphatic heterocycles. The molecule has 0 unspecified atom stereocenters. The third-order valence-corrected chi connectivity index (χ3v) is 5.42. The number of hydrogen-bond donors (Lipinski definition) is 2. The van der Waals surface area contributed by atoms with Crippen LogP contribution >= 0.6 is 0 Å². The van der Waals surface area contributed by atoms with Crippen molar-refractivity contribution < 1.29 is 18.9 Å². The van der Waals surface area contributed by atoms with Gasteiger partial charge < -0.3 is 29.6 Å². The van der Waals surface area contributed by atoms with Gasteiger partial charge in [-0.05, 0) is 43.7 Å². The van der Waals surface area contributed by atoms with Gasteiger partial charge in [-0.25, -0.2) is 4.99 Å². The van der Waals surface area contributed by atoms with Gasteiger partial charge in [0.05, 0.1) is 27.9 Å². The smallest absolute Gasteiger partial charge is 0.203 e. The van der Waals surface area contributed by atoms with Crippen molar-refractivity contribution in [1.29, 1.82) is 0 Å². The summed E-state index contributed by atoms with van der Waals surface area (Å²) in [5.74, 6) is 2.69. The van der Waals surface area contributed by atoms with E-state index in [1.165, 1.54) is 19.3 Å². The van der Waals surface area contributed by atoms with Crippen molar-refractivity contribution >= 4 is 5.96 Å². The summed E-state index contributed by atoms with van der Waals surface area (Å²) in [7, 11) is 6.62. The van der Waals surface area contributed by atoms with Crippen molar-refractivity contribution in [2.75, 3.05) is 48.1 Å². The number of aliphatic imine (C=N–C) groups is 1. The number of ether oxygens (including phenoxy) is 4. The zero-order valence-corrected chi connectivity index (χ0v) is 17.9. The lowest BCUT2D eigenvalue weighted by molar-refractivity contribution is 0.0732. The summed E-state index contributed by atoms with van der Waals surface area (Å²) in [5, 5.41) is 6.85. The van der Waals surface area contributed by atoms with E-state index in [0.717, 1.165) is 37.6 Å². The SMILES string of the molecule is CCNC(=NCc1ccc(OC)c(OC)c1OC)NCC1(CCOC)CCC1. The molecule has 2 N–H and O–H groups in total. The monoisotopic (exact) mass is 393 g/mol. The highest BCUT2D eigenvalue weighted by atomic mass is 16.5. The second-order valence-corrected chi connectivity index (χ2v) is 7.14. The molecule has 0 radical (unpaired) electrons. The van der Waals surface area contributed by atoms with Crippen molar-refractivity contribution in [2.24, 2.45) is 10.4 Å². The first-order chi connectivity index (χ1) is 13.6. The van der Waals surface area contributed by atoms with Crippen LogP contribution in [0.1, 0.15) is 38.2 Å². The van der Waals surface area contributed by atoms with Gasteiger partial charge in [-0.1, -0.05) is 6.42 Å². The highest BCUT2D eigenvalue weighted by molar-refractivity contribution is 5.79. The van der Waals surface area contributed by atoms with E-state index in [2.05, 4.69) is 17.6 Å². The summed E-state index contributed by atoms with van der Waals surface area (Å²) < 4.78 is 21.7. The summed E-state index contributed by atoms with van der Waals surface area (Å²) in [6, 6.07) is 3.83. The highest BCUT2D eigenvalue weighted by Crippen LogP contribution is 2.43. The first-order valence-corrected chi connectivity index (χ1v) is 9.92. The van der Waals surface area contributed by atoms with Gasteiger partial charge in [-0.2, -0.15) is 0 Å². The average Bonchev–Trinajstić information content (AvgIpc) is 2.69. The lowest BCUT2D eigenvalue weighted by Crippen LogP contribution is -2.46. The van der Waals surface area contributed by atoms with Gasteiger partial charge in [0.2, 0.25) is 5.75 Å². The molecule has 2 rings (SSSR count). The molecule has 0 aromatic heterocycles. The molecule has 0 saturated heterocycles. The van der Waals surface area contributed by atoms with E-state index >= 15 is 0 Å². The standard InChI is InChI=1S/C21H35N3O4/c1-6-22-20(24-15-21(10-7-11-21)12-13-25-2)23-14-16-8-9-17(26-3)19(28-5)18(16)27-4/h8-9H,6-7,10-15H2,1-5H3,(H2,22,23,24). The quantitative estimate of drug-likeness (QED) is 0.445. The highest BCUT2D eigenvalue weighted by Gasteiger charge is 2.36. The van der Waals surface area contributed by atoms with Crippen molar-refractivity contribution in [3.63, 3.8) is 0 Å². The van der Waals surface area contributed by atoms with Crippen LogP contribution in [-0.4, -0.2) is 54.1 Å². The Hall–Kier alpha value is -2.15. The number of rotatable bonds is 11. The molecule has 28 heavy (non-hydrogen) atoms. The number of nitrogens with zero attached hydrogens (tertiary/aromatic N) is 1. The molecule has 1 aliphatic carbocycles. The topological polar surface area (TPSA) is 73.3 Å². The van der Waals surface area contributed by atoms with Gasteiger partial charge in [0.15, 0.2) is 17.5 Å². The molecule has 0 heterocycles. The Bertz CT molecular complexity index is 645. The van der Waals surface area contributed by atoms with Crippen LogP contribution in [0.2, 0.25) is 0 Å². The first-order valence-electron chi connectivity index (χ1n) is 9.92. The minimum Gasteiger partial charge on any atom is -0.493 e. The first kappa shape index (κ1) is 22.1. The predicted octanol–water partition coefficient (Wildman–Crippen LogP) is 2.97. The molecule has 0 atom stereocenters. The summed E-state index contributed by atoms with van der Waals surface area (Å²) in [6.45, 7) is 5.06. The minimum absolute atomic E-state index is 0.327. The Labute approximate surface area is 168 Å². The minimum atomic E-state index is 0.327. The maximum Gasteiger partial charge on any atom is 0.203 e. The Morgan fingerprint density at radius 2 is 1.79 bits per heavy atom. The van der Waals surface area contributed by atoms with Gasteiger partial charge in [-0.3, -0.25) is 0 Å². The van der Waals surface area contributed by atoms with Crippen molar-refractivity contribution in [3.05, 3.63) is 17.7 Å². The Morgan fingerprint density at radius 1 is 1.04 bits per heavy atom. The number of benzene rings is 1. The van der Waals surface area contributed by atoms with Crippen LogP contribution < -0.4 is 24.8 Å². The third kappa shape index (κ3) is 5.44. The molecule has 7 nitrogen and oxygen atoms in total. The van der Waals surface area contributed by atoms with E-state index in [-0.39, 0.29) is 0 Å². The van der Waals surface area contributed by atoms with Crippen LogP contribution in [0.3, 0.4) is 0 Å². The fraction of sp³-hybridized carbons (Fsp3) is 0.667. The fourth-order valence-electron chi connectivity index (χ4n) is 3.58. The second kappa shape index (κ2) is 11.0. The van der Waals surface area contributed by atoms with Gasteiger partial charge >= 0.3 is 0 Å². The summed E-state index contributed by atoms with van der Waals surface area (Å²) in [6.07, 6.45) is 4.86. The maximum atomic E-state index is 5.56. The van der Waals surface area contributed by atoms with E-state index in [0.29, 0.717) is 29.2 Å². The Balaban J connectivity index is 2.10. The van der Waals surface area contributed by atoms with Crippen LogP contribution in [0.25, 0.3) is 0 Å². The van der Waals surface area contributed by atoms with E-state index in [4.69, 9.17) is 23.9 Å². The number of guanidine groups is 1. The van der Waals surface area contributed by atoms with E-state index in [1.807, 2.05) is 12.1 Å². The third-order valence-electron chi connectivity index (χ3n) is 5.42. The fourth-order valence-corrected chi connectivity index (χ4v) is 3.58. The van der Waals surface area contributed by atoms with E-state index < -0.39 is 0 Å². The molecular weight excluding hydrogens is 358 g/mol. The number of nitrogens with one attached hydrogen (secondary N) is 2. The lowest BCUT2D eigenvalue weighted by Gasteiger charge is -2.42. The molecule has 0 spiro atoms. The van der Waals surface area contributed by atoms with Crippen LogP contribution in [0.15, 0.2) is 17.1 Å². The molecule has 1 saturated carbocycles. The number of hydrogen-bond acceptors (Lipinski definition) is 5. The van der Waals surface area contributed by atoms with Crippen LogP contribution in [0.4, 0.5) is 0 Å². The molecule has 1 aliphatic rings. The Kier molecular flexibility index (Phi) is 8.70. The molecule has 0 bridgehead atoms. The number of methoxy groups -OCH3 is 4. The normalized spacial score (nSPS) is 15.5. The van der Waals surface area contributed by atoms with Crippen molar-refractivity contribution in [3.8, 4) is 17.2 Å². The summed E-state index contributed by atoms with van der Waals surface area (Å²) >= 11 is 0. The van der Waals surface area contributed by atoms with Crippen molar-refractivity contribution in [2.45, 2.75) is 39.2 Å². The molecule has 1 fully saturated rings. The predicted molar refractivity (Wildman–Crippen MR) is 112 cm³/mol. The average molecular weight is 394 g/mol. The Morgan fingerprint density at radius 3 is 2.32 bits per heavy atom. The molecule has 158 valence electrons. The maximum absolute atomic E-state index is 5.56. The van der Waals surface area contributed by atoms with Crippen LogP contribution in [0, 0.1) is 5.41 Å². The summed E-state index contributed by atoms with van der Waals surface area (Å²) in [4.78, 5) is 4.75. The molecular formula is C21H35N3O4. The molecule has 0 amide bonds. The van der Waals surface area contributed by atoms with Gasteiger partial charge in [0.25, 0.3) is 0 Å². The van der Waals surface area contributed by atoms with Gasteiger partial charge in [-0.15, -0.1) is 0 Å². The molecule has 1 aromatic carbocycles. The largest absolute Gasteiger partial charge is 0.493 e. The zero-order valence-electron chi connectivity index (χ0n) is 17.9. The summed E-state index contributed by atoms with van der Waals surface area (Å²) in [5.41, 5.74) is 1.27. The van der Waals surface area contributed by atoms with Crippen molar-refractivity contribution in [1.82, 2.24) is 10.6 Å². The molecule has 1 aromatic rings. The van der Waals surface area contributed by atoms with E-state index in [9.17, 15) is 0 Å². The van der Waals surface area contributed by atoms with Gasteiger partial charge in [0, 0.05) is 32.4 Å².